The molecule has 0 bridgehead atoms. The molecule has 0 aromatic carbocycles. The van der Waals surface area contributed by atoms with Crippen molar-refractivity contribution in [2.45, 2.75) is 71.4 Å². The van der Waals surface area contributed by atoms with Crippen LogP contribution in [0.3, 0.4) is 0 Å². The normalized spacial score (nSPS) is 14.2. The average Bonchev–Trinajstić information content (AvgIpc) is 2.85. The lowest BCUT2D eigenvalue weighted by Crippen LogP contribution is -2.43. The molecule has 4 nitrogen and oxygen atoms in total. The quantitative estimate of drug-likeness (QED) is 0.662. The Labute approximate surface area is 151 Å². The Morgan fingerprint density at radius 3 is 2.25 bits per heavy atom. The lowest BCUT2D eigenvalue weighted by atomic mass is 10.2. The fraction of sp³-hybridized carbons (Fsp3) is 0.611. The fourth-order valence-electron chi connectivity index (χ4n) is 1.71. The summed E-state index contributed by atoms with van der Waals surface area (Å²) in [4.78, 5) is 13.1. The Morgan fingerprint density at radius 2 is 1.83 bits per heavy atom. The molecule has 1 rings (SSSR count). The van der Waals surface area contributed by atoms with Gasteiger partial charge in [-0.05, 0) is 50.3 Å². The highest BCUT2D eigenvalue weighted by molar-refractivity contribution is 7.10. The molecule has 1 heterocycles. The van der Waals surface area contributed by atoms with Crippen LogP contribution in [0.2, 0.25) is 18.1 Å². The van der Waals surface area contributed by atoms with Gasteiger partial charge >= 0.3 is 6.09 Å². The van der Waals surface area contributed by atoms with Crippen molar-refractivity contribution in [1.29, 1.82) is 0 Å². The van der Waals surface area contributed by atoms with Gasteiger partial charge in [0.1, 0.15) is 11.7 Å². The second kappa shape index (κ2) is 7.41. The minimum Gasteiger partial charge on any atom is -0.444 e. The van der Waals surface area contributed by atoms with Gasteiger partial charge in [-0.2, -0.15) is 0 Å². The van der Waals surface area contributed by atoms with Crippen LogP contribution in [0, 0.1) is 0 Å². The Morgan fingerprint density at radius 1 is 1.25 bits per heavy atom. The summed E-state index contributed by atoms with van der Waals surface area (Å²) in [6.07, 6.45) is -0.869. The van der Waals surface area contributed by atoms with Crippen LogP contribution in [-0.2, 0) is 9.16 Å². The zero-order chi connectivity index (χ0) is 18.8. The van der Waals surface area contributed by atoms with Gasteiger partial charge in [0, 0.05) is 10.6 Å². The van der Waals surface area contributed by atoms with Crippen LogP contribution in [0.15, 0.2) is 29.8 Å². The predicted octanol–water partition coefficient (Wildman–Crippen LogP) is 5.85. The van der Waals surface area contributed by atoms with E-state index in [2.05, 4.69) is 45.8 Å². The number of nitrogens with one attached hydrogen (secondary N) is 1. The zero-order valence-corrected chi connectivity index (χ0v) is 18.0. The first-order valence-electron chi connectivity index (χ1n) is 8.13. The van der Waals surface area contributed by atoms with E-state index in [1.165, 1.54) is 0 Å². The van der Waals surface area contributed by atoms with Gasteiger partial charge in [0.2, 0.25) is 0 Å². The highest BCUT2D eigenvalue weighted by Gasteiger charge is 2.40. The molecule has 0 aliphatic rings. The van der Waals surface area contributed by atoms with E-state index in [9.17, 15) is 4.79 Å². The molecule has 1 unspecified atom stereocenters. The Balaban J connectivity index is 2.96. The van der Waals surface area contributed by atoms with Crippen molar-refractivity contribution in [3.8, 4) is 0 Å². The van der Waals surface area contributed by atoms with Crippen molar-refractivity contribution in [2.24, 2.45) is 0 Å². The molecule has 136 valence electrons. The molecule has 0 spiro atoms. The van der Waals surface area contributed by atoms with Gasteiger partial charge in [-0.15, -0.1) is 11.3 Å². The summed E-state index contributed by atoms with van der Waals surface area (Å²) < 4.78 is 11.8. The van der Waals surface area contributed by atoms with Crippen molar-refractivity contribution >= 4 is 25.7 Å². The zero-order valence-electron chi connectivity index (χ0n) is 16.1. The van der Waals surface area contributed by atoms with E-state index in [0.29, 0.717) is 5.70 Å². The maximum absolute atomic E-state index is 12.1. The first kappa shape index (κ1) is 20.9. The van der Waals surface area contributed by atoms with Crippen molar-refractivity contribution < 1.29 is 14.0 Å². The molecular weight excluding hydrogens is 338 g/mol. The number of hydrogen-bond acceptors (Lipinski definition) is 4. The SMILES string of the molecule is C=C(NC(=O)OC(C)(C)C)C(O[Si](C)(C)C(C)(C)C)c1cccs1. The summed E-state index contributed by atoms with van der Waals surface area (Å²) in [5.41, 5.74) is -0.0418. The number of ether oxygens (including phenoxy) is 1. The first-order valence-corrected chi connectivity index (χ1v) is 11.9. The topological polar surface area (TPSA) is 47.6 Å². The molecule has 1 N–H and O–H groups in total. The van der Waals surface area contributed by atoms with E-state index >= 15 is 0 Å². The van der Waals surface area contributed by atoms with Crippen molar-refractivity contribution in [2.75, 3.05) is 0 Å². The van der Waals surface area contributed by atoms with Gasteiger partial charge in [-0.1, -0.05) is 33.4 Å². The summed E-state index contributed by atoms with van der Waals surface area (Å²) in [6.45, 7) is 20.5. The van der Waals surface area contributed by atoms with Gasteiger partial charge in [-0.3, -0.25) is 5.32 Å². The summed E-state index contributed by atoms with van der Waals surface area (Å²) >= 11 is 1.60. The predicted molar refractivity (Wildman–Crippen MR) is 104 cm³/mol. The molecule has 6 heteroatoms. The number of thiophene rings is 1. The minimum atomic E-state index is -2.03. The highest BCUT2D eigenvalue weighted by Crippen LogP contribution is 2.41. The average molecular weight is 370 g/mol. The van der Waals surface area contributed by atoms with E-state index in [0.717, 1.165) is 4.88 Å². The van der Waals surface area contributed by atoms with Gasteiger partial charge in [-0.25, -0.2) is 4.79 Å². The van der Waals surface area contributed by atoms with Crippen LogP contribution in [0.1, 0.15) is 52.5 Å². The summed E-state index contributed by atoms with van der Waals surface area (Å²) in [5, 5.41) is 4.81. The number of amides is 1. The maximum Gasteiger partial charge on any atom is 0.411 e. The smallest absolute Gasteiger partial charge is 0.411 e. The number of rotatable bonds is 5. The van der Waals surface area contributed by atoms with Gasteiger partial charge in [0.05, 0.1) is 0 Å². The number of alkyl carbamates (subject to hydrolysis) is 1. The largest absolute Gasteiger partial charge is 0.444 e. The monoisotopic (exact) mass is 369 g/mol. The number of hydrogen-bond donors (Lipinski definition) is 1. The molecule has 0 aliphatic heterocycles. The maximum atomic E-state index is 12.1. The standard InChI is InChI=1S/C18H31NO3SSi/c1-13(19-16(20)21-17(2,3)4)15(14-11-10-12-23-14)22-24(8,9)18(5,6)7/h10-12,15H,1H2,2-9H3,(H,19,20). The molecular formula is C18H31NO3SSi. The molecule has 1 atom stereocenters. The third-order valence-electron chi connectivity index (χ3n) is 4.00. The van der Waals surface area contributed by atoms with Crippen molar-refractivity contribution in [1.82, 2.24) is 5.32 Å². The van der Waals surface area contributed by atoms with Gasteiger partial charge in [0.15, 0.2) is 8.32 Å². The first-order chi connectivity index (χ1) is 10.7. The van der Waals surface area contributed by atoms with Crippen LogP contribution in [0.5, 0.6) is 0 Å². The molecule has 1 amide bonds. The number of carbonyl (C=O) groups excluding carboxylic acids is 1. The van der Waals surface area contributed by atoms with E-state index in [-0.39, 0.29) is 11.1 Å². The molecule has 0 saturated carbocycles. The van der Waals surface area contributed by atoms with E-state index in [4.69, 9.17) is 9.16 Å². The molecule has 1 aromatic heterocycles. The van der Waals surface area contributed by atoms with E-state index in [1.54, 1.807) is 11.3 Å². The summed E-state index contributed by atoms with van der Waals surface area (Å²) in [7, 11) is -2.03. The van der Waals surface area contributed by atoms with Crippen LogP contribution in [-0.4, -0.2) is 20.0 Å². The fourth-order valence-corrected chi connectivity index (χ4v) is 3.80. The molecule has 0 radical (unpaired) electrons. The molecule has 0 saturated heterocycles. The highest BCUT2D eigenvalue weighted by atomic mass is 32.1. The second-order valence-corrected chi connectivity index (χ2v) is 14.2. The molecule has 0 aliphatic carbocycles. The minimum absolute atomic E-state index is 0.0642. The van der Waals surface area contributed by atoms with Gasteiger partial charge < -0.3 is 9.16 Å². The van der Waals surface area contributed by atoms with Crippen LogP contribution >= 0.6 is 11.3 Å². The third kappa shape index (κ3) is 6.07. The molecule has 24 heavy (non-hydrogen) atoms. The summed E-state index contributed by atoms with van der Waals surface area (Å²) in [6, 6.07) is 3.98. The lowest BCUT2D eigenvalue weighted by Gasteiger charge is -2.39. The summed E-state index contributed by atoms with van der Waals surface area (Å²) in [5.74, 6) is 0. The van der Waals surface area contributed by atoms with Crippen molar-refractivity contribution in [3.05, 3.63) is 34.7 Å². The van der Waals surface area contributed by atoms with E-state index in [1.807, 2.05) is 38.3 Å². The van der Waals surface area contributed by atoms with Crippen LogP contribution < -0.4 is 5.32 Å². The van der Waals surface area contributed by atoms with Crippen molar-refractivity contribution in [3.63, 3.8) is 0 Å². The van der Waals surface area contributed by atoms with Crippen LogP contribution in [0.4, 0.5) is 4.79 Å². The van der Waals surface area contributed by atoms with E-state index < -0.39 is 20.0 Å². The molecule has 0 fully saturated rings. The Bertz CT molecular complexity index is 568. The number of carbonyl (C=O) groups is 1. The lowest BCUT2D eigenvalue weighted by molar-refractivity contribution is 0.0529. The third-order valence-corrected chi connectivity index (χ3v) is 9.35. The Hall–Kier alpha value is -1.11. The molecule has 1 aromatic rings. The Kier molecular flexibility index (Phi) is 6.47. The second-order valence-electron chi connectivity index (χ2n) is 8.43. The van der Waals surface area contributed by atoms with Crippen LogP contribution in [0.25, 0.3) is 0 Å². The van der Waals surface area contributed by atoms with Gasteiger partial charge in [0.25, 0.3) is 0 Å².